The van der Waals surface area contributed by atoms with Gasteiger partial charge in [-0.15, -0.1) is 0 Å². The molecule has 0 saturated carbocycles. The summed E-state index contributed by atoms with van der Waals surface area (Å²) in [5, 5.41) is 2.99. The van der Waals surface area contributed by atoms with Gasteiger partial charge in [-0.3, -0.25) is 9.78 Å². The van der Waals surface area contributed by atoms with Gasteiger partial charge in [0.25, 0.3) is 5.91 Å². The highest BCUT2D eigenvalue weighted by molar-refractivity contribution is 5.94. The van der Waals surface area contributed by atoms with Gasteiger partial charge >= 0.3 is 6.03 Å². The first kappa shape index (κ1) is 20.2. The number of hydrogen-bond donors (Lipinski definition) is 1. The Morgan fingerprint density at radius 2 is 1.56 bits per heavy atom. The maximum atomic E-state index is 12.7. The molecule has 6 heteroatoms. The molecule has 0 spiro atoms. The summed E-state index contributed by atoms with van der Waals surface area (Å²) < 4.78 is 0. The van der Waals surface area contributed by atoms with E-state index < -0.39 is 0 Å². The third-order valence-corrected chi connectivity index (χ3v) is 6.45. The van der Waals surface area contributed by atoms with Crippen LogP contribution < -0.4 is 5.32 Å². The number of rotatable bonds is 4. The number of amides is 3. The Morgan fingerprint density at radius 1 is 0.812 bits per heavy atom. The topological polar surface area (TPSA) is 65.5 Å². The van der Waals surface area contributed by atoms with Gasteiger partial charge in [0.1, 0.15) is 0 Å². The number of benzene rings is 2. The zero-order valence-corrected chi connectivity index (χ0v) is 17.9. The fourth-order valence-electron chi connectivity index (χ4n) is 4.49. The minimum Gasteiger partial charge on any atom is -0.338 e. The lowest BCUT2D eigenvalue weighted by Gasteiger charge is -2.39. The summed E-state index contributed by atoms with van der Waals surface area (Å²) in [6, 6.07) is 21.4. The normalized spacial score (nSPS) is 18.3. The molecule has 5 rings (SSSR count). The smallest absolute Gasteiger partial charge is 0.321 e. The van der Waals surface area contributed by atoms with Crippen molar-refractivity contribution in [3.05, 3.63) is 95.8 Å². The number of anilines is 1. The molecule has 2 aromatic carbocycles. The molecule has 1 N–H and O–H groups in total. The maximum Gasteiger partial charge on any atom is 0.321 e. The fraction of sp³-hybridized carbons (Fsp3) is 0.269. The van der Waals surface area contributed by atoms with E-state index in [1.54, 1.807) is 6.20 Å². The van der Waals surface area contributed by atoms with E-state index in [-0.39, 0.29) is 11.9 Å². The number of aromatic nitrogens is 1. The summed E-state index contributed by atoms with van der Waals surface area (Å²) in [6.07, 6.45) is 4.59. The van der Waals surface area contributed by atoms with Gasteiger partial charge < -0.3 is 15.1 Å². The molecule has 2 aliphatic heterocycles. The predicted octanol–water partition coefficient (Wildman–Crippen LogP) is 4.34. The van der Waals surface area contributed by atoms with Crippen molar-refractivity contribution in [3.63, 3.8) is 0 Å². The van der Waals surface area contributed by atoms with Crippen molar-refractivity contribution in [1.29, 1.82) is 0 Å². The van der Waals surface area contributed by atoms with Crippen LogP contribution in [0, 0.1) is 0 Å². The summed E-state index contributed by atoms with van der Waals surface area (Å²) in [7, 11) is 0. The van der Waals surface area contributed by atoms with Crippen LogP contribution in [0.2, 0.25) is 0 Å². The average molecular weight is 427 g/mol. The lowest BCUT2D eigenvalue weighted by molar-refractivity contribution is 0.0790. The standard InChI is InChI=1S/C26H26N4O2/c31-25(20-5-2-1-3-6-20)29-14-12-22(16-29)19-8-10-24(11-9-19)28-26(32)30-17-23(18-30)21-7-4-13-27-15-21/h1-11,13,15,22-23H,12,14,16-18H2,(H,28,32). The maximum absolute atomic E-state index is 12.7. The van der Waals surface area contributed by atoms with Crippen molar-refractivity contribution in [2.45, 2.75) is 18.3 Å². The molecule has 1 atom stereocenters. The Hall–Kier alpha value is -3.67. The van der Waals surface area contributed by atoms with Gasteiger partial charge in [0, 0.05) is 61.7 Å². The molecular formula is C26H26N4O2. The van der Waals surface area contributed by atoms with Crippen molar-refractivity contribution in [2.24, 2.45) is 0 Å². The molecule has 32 heavy (non-hydrogen) atoms. The van der Waals surface area contributed by atoms with Gasteiger partial charge in [-0.25, -0.2) is 4.79 Å². The van der Waals surface area contributed by atoms with Crippen molar-refractivity contribution < 1.29 is 9.59 Å². The van der Waals surface area contributed by atoms with Crippen LogP contribution in [0.4, 0.5) is 10.5 Å². The van der Waals surface area contributed by atoms with Crippen LogP contribution in [0.15, 0.2) is 79.1 Å². The number of hydrogen-bond acceptors (Lipinski definition) is 3. The largest absolute Gasteiger partial charge is 0.338 e. The molecule has 1 aromatic heterocycles. The Bertz CT molecular complexity index is 1080. The van der Waals surface area contributed by atoms with E-state index in [0.717, 1.165) is 30.8 Å². The first-order chi connectivity index (χ1) is 15.7. The minimum atomic E-state index is -0.0709. The quantitative estimate of drug-likeness (QED) is 0.675. The number of urea groups is 1. The van der Waals surface area contributed by atoms with Crippen molar-refractivity contribution in [1.82, 2.24) is 14.8 Å². The highest BCUT2D eigenvalue weighted by atomic mass is 16.2. The van der Waals surface area contributed by atoms with Gasteiger partial charge in [0.15, 0.2) is 0 Å². The van der Waals surface area contributed by atoms with Gasteiger partial charge in [0.2, 0.25) is 0 Å². The predicted molar refractivity (Wildman–Crippen MR) is 124 cm³/mol. The Kier molecular flexibility index (Phi) is 5.58. The second-order valence-corrected chi connectivity index (χ2v) is 8.54. The molecule has 2 saturated heterocycles. The summed E-state index contributed by atoms with van der Waals surface area (Å²) in [5.74, 6) is 0.778. The molecule has 3 heterocycles. The third kappa shape index (κ3) is 4.21. The van der Waals surface area contributed by atoms with Gasteiger partial charge in [0.05, 0.1) is 0 Å². The number of carbonyl (C=O) groups is 2. The van der Waals surface area contributed by atoms with Crippen LogP contribution in [0.5, 0.6) is 0 Å². The minimum absolute atomic E-state index is 0.0709. The molecule has 3 aromatic rings. The summed E-state index contributed by atoms with van der Waals surface area (Å²) in [4.78, 5) is 33.1. The second-order valence-electron chi connectivity index (χ2n) is 8.54. The molecule has 1 unspecified atom stereocenters. The first-order valence-corrected chi connectivity index (χ1v) is 11.1. The second kappa shape index (κ2) is 8.83. The first-order valence-electron chi connectivity index (χ1n) is 11.1. The number of pyridine rings is 1. The highest BCUT2D eigenvalue weighted by Crippen LogP contribution is 2.30. The summed E-state index contributed by atoms with van der Waals surface area (Å²) in [6.45, 7) is 2.92. The molecule has 2 aliphatic rings. The number of nitrogens with one attached hydrogen (secondary N) is 1. The van der Waals surface area contributed by atoms with Crippen LogP contribution in [-0.2, 0) is 0 Å². The molecule has 3 amide bonds. The number of nitrogens with zero attached hydrogens (tertiary/aromatic N) is 3. The fourth-order valence-corrected chi connectivity index (χ4v) is 4.49. The van der Waals surface area contributed by atoms with Crippen LogP contribution in [-0.4, -0.2) is 52.9 Å². The van der Waals surface area contributed by atoms with Crippen LogP contribution in [0.25, 0.3) is 0 Å². The van der Waals surface area contributed by atoms with E-state index in [1.165, 1.54) is 11.1 Å². The molecule has 0 radical (unpaired) electrons. The molecular weight excluding hydrogens is 400 g/mol. The van der Waals surface area contributed by atoms with Crippen molar-refractivity contribution in [2.75, 3.05) is 31.5 Å². The lowest BCUT2D eigenvalue weighted by Crippen LogP contribution is -2.50. The zero-order valence-electron chi connectivity index (χ0n) is 17.9. The van der Waals surface area contributed by atoms with E-state index >= 15 is 0 Å². The molecule has 6 nitrogen and oxygen atoms in total. The van der Waals surface area contributed by atoms with E-state index in [2.05, 4.69) is 28.5 Å². The van der Waals surface area contributed by atoms with Crippen molar-refractivity contribution >= 4 is 17.6 Å². The summed E-state index contributed by atoms with van der Waals surface area (Å²) >= 11 is 0. The van der Waals surface area contributed by atoms with Crippen LogP contribution in [0.3, 0.4) is 0 Å². The van der Waals surface area contributed by atoms with Gasteiger partial charge in [-0.2, -0.15) is 0 Å². The van der Waals surface area contributed by atoms with E-state index in [4.69, 9.17) is 0 Å². The van der Waals surface area contributed by atoms with E-state index in [1.807, 2.05) is 64.5 Å². The molecule has 2 fully saturated rings. The van der Waals surface area contributed by atoms with E-state index in [9.17, 15) is 9.59 Å². The van der Waals surface area contributed by atoms with Crippen LogP contribution in [0.1, 0.15) is 39.7 Å². The lowest BCUT2D eigenvalue weighted by atomic mass is 9.93. The van der Waals surface area contributed by atoms with Crippen LogP contribution >= 0.6 is 0 Å². The zero-order chi connectivity index (χ0) is 21.9. The van der Waals surface area contributed by atoms with E-state index in [0.29, 0.717) is 24.9 Å². The SMILES string of the molecule is O=C(Nc1ccc(C2CCN(C(=O)c3ccccc3)C2)cc1)N1CC(c2cccnc2)C1. The number of carbonyl (C=O) groups excluding carboxylic acids is 2. The van der Waals surface area contributed by atoms with Gasteiger partial charge in [-0.1, -0.05) is 36.4 Å². The number of likely N-dealkylation sites (tertiary alicyclic amines) is 2. The van der Waals surface area contributed by atoms with Gasteiger partial charge in [-0.05, 0) is 47.9 Å². The molecule has 0 aliphatic carbocycles. The monoisotopic (exact) mass is 426 g/mol. The summed E-state index contributed by atoms with van der Waals surface area (Å²) in [5.41, 5.74) is 3.91. The average Bonchev–Trinajstić information content (AvgIpc) is 3.30. The molecule has 0 bridgehead atoms. The Morgan fingerprint density at radius 3 is 2.28 bits per heavy atom. The van der Waals surface area contributed by atoms with Crippen molar-refractivity contribution in [3.8, 4) is 0 Å². The highest BCUT2D eigenvalue weighted by Gasteiger charge is 2.32. The Balaban J connectivity index is 1.13. The Labute approximate surface area is 187 Å². The third-order valence-electron chi connectivity index (χ3n) is 6.45. The molecule has 162 valence electrons.